The predicted molar refractivity (Wildman–Crippen MR) is 65.4 cm³/mol. The molecule has 2 heterocycles. The van der Waals surface area contributed by atoms with E-state index in [2.05, 4.69) is 14.4 Å². The summed E-state index contributed by atoms with van der Waals surface area (Å²) in [4.78, 5) is 12.0. The molecule has 4 N–H and O–H groups in total. The van der Waals surface area contributed by atoms with Crippen molar-refractivity contribution in [3.63, 3.8) is 0 Å². The van der Waals surface area contributed by atoms with Crippen molar-refractivity contribution in [2.45, 2.75) is 5.54 Å². The molecule has 0 radical (unpaired) electrons. The fraction of sp³-hybridized carbons (Fsp3) is 0.111. The van der Waals surface area contributed by atoms with Crippen molar-refractivity contribution in [2.24, 2.45) is 10.1 Å². The van der Waals surface area contributed by atoms with Gasteiger partial charge >= 0.3 is 10.2 Å². The maximum atomic E-state index is 12.0. The predicted octanol–water partition coefficient (Wildman–Crippen LogP) is -0.307. The third-order valence-corrected chi connectivity index (χ3v) is 4.20. The number of carbonyl (C=O) groups excluding carboxylic acids is 1. The lowest BCUT2D eigenvalue weighted by atomic mass is 9.91. The zero-order valence-electron chi connectivity index (χ0n) is 8.77. The highest BCUT2D eigenvalue weighted by Crippen LogP contribution is 2.42. The molecule has 18 heavy (non-hydrogen) atoms. The molecule has 1 aromatic carbocycles. The van der Waals surface area contributed by atoms with E-state index in [4.69, 9.17) is 17.3 Å². The van der Waals surface area contributed by atoms with Crippen LogP contribution in [-0.4, -0.2) is 20.2 Å². The number of hydrogen-bond donors (Lipinski definition) is 3. The van der Waals surface area contributed by atoms with Gasteiger partial charge in [0, 0.05) is 5.56 Å². The van der Waals surface area contributed by atoms with Crippen LogP contribution in [0.2, 0.25) is 5.02 Å². The Bertz CT molecular complexity index is 715. The summed E-state index contributed by atoms with van der Waals surface area (Å²) in [7, 11) is -3.97. The summed E-state index contributed by atoms with van der Waals surface area (Å²) < 4.78 is 28.3. The summed E-state index contributed by atoms with van der Waals surface area (Å²) in [5, 5.41) is 2.81. The van der Waals surface area contributed by atoms with E-state index in [1.807, 2.05) is 0 Å². The Labute approximate surface area is 107 Å². The summed E-state index contributed by atoms with van der Waals surface area (Å²) in [6.07, 6.45) is 0. The molecule has 1 unspecified atom stereocenters. The molecule has 7 nitrogen and oxygen atoms in total. The number of carbonyl (C=O) groups is 1. The van der Waals surface area contributed by atoms with E-state index in [1.54, 1.807) is 18.2 Å². The van der Waals surface area contributed by atoms with Crippen LogP contribution in [-0.2, 0) is 20.5 Å². The zero-order chi connectivity index (χ0) is 13.1. The van der Waals surface area contributed by atoms with Gasteiger partial charge in [0.1, 0.15) is 5.84 Å². The Balaban J connectivity index is 2.32. The van der Waals surface area contributed by atoms with Crippen LogP contribution in [0.3, 0.4) is 0 Å². The quantitative estimate of drug-likeness (QED) is 0.607. The van der Waals surface area contributed by atoms with Crippen LogP contribution < -0.4 is 15.8 Å². The van der Waals surface area contributed by atoms with E-state index in [0.717, 1.165) is 0 Å². The van der Waals surface area contributed by atoms with Gasteiger partial charge in [0.25, 0.3) is 5.91 Å². The number of amides is 1. The largest absolute Gasteiger partial charge is 0.384 e. The highest BCUT2D eigenvalue weighted by Gasteiger charge is 2.57. The van der Waals surface area contributed by atoms with Crippen molar-refractivity contribution in [1.82, 2.24) is 4.72 Å². The fourth-order valence-electron chi connectivity index (χ4n) is 2.12. The SMILES string of the molecule is NC1=NS(=O)(=O)NC12C(=O)Nc1c(Cl)cccc12. The topological polar surface area (TPSA) is 114 Å². The lowest BCUT2D eigenvalue weighted by molar-refractivity contribution is -0.119. The Kier molecular flexibility index (Phi) is 2.05. The number of halogens is 1. The molecule has 94 valence electrons. The van der Waals surface area contributed by atoms with Crippen molar-refractivity contribution in [2.75, 3.05) is 5.32 Å². The minimum Gasteiger partial charge on any atom is -0.384 e. The monoisotopic (exact) mass is 286 g/mol. The minimum absolute atomic E-state index is 0.302. The van der Waals surface area contributed by atoms with Gasteiger partial charge in [-0.2, -0.15) is 13.1 Å². The van der Waals surface area contributed by atoms with Gasteiger partial charge < -0.3 is 11.1 Å². The second-order valence-corrected chi connectivity index (χ2v) is 5.66. The van der Waals surface area contributed by atoms with Gasteiger partial charge in [0.15, 0.2) is 5.54 Å². The number of anilines is 1. The first-order chi connectivity index (χ1) is 8.37. The number of benzene rings is 1. The second kappa shape index (κ2) is 3.22. The number of amidine groups is 1. The molecule has 1 aromatic rings. The van der Waals surface area contributed by atoms with Gasteiger partial charge in [-0.1, -0.05) is 23.7 Å². The molecular formula is C9H7ClN4O3S. The average Bonchev–Trinajstić information content (AvgIpc) is 2.67. The standard InChI is InChI=1S/C9H7ClN4O3S/c10-5-3-1-2-4-6(5)12-8(15)9(4)7(11)13-18(16,17)14-9/h1-3,14H,(H2,11,13)(H,12,15). The highest BCUT2D eigenvalue weighted by molar-refractivity contribution is 7.88. The van der Waals surface area contributed by atoms with E-state index >= 15 is 0 Å². The van der Waals surface area contributed by atoms with Crippen LogP contribution in [0.1, 0.15) is 5.56 Å². The third-order valence-electron chi connectivity index (χ3n) is 2.88. The van der Waals surface area contributed by atoms with Gasteiger partial charge in [-0.15, -0.1) is 4.40 Å². The zero-order valence-corrected chi connectivity index (χ0v) is 10.3. The number of nitrogens with two attached hydrogens (primary N) is 1. The molecule has 2 aliphatic heterocycles. The average molecular weight is 287 g/mol. The number of nitrogens with one attached hydrogen (secondary N) is 2. The van der Waals surface area contributed by atoms with Crippen LogP contribution in [0.25, 0.3) is 0 Å². The number of nitrogens with zero attached hydrogens (tertiary/aromatic N) is 1. The Morgan fingerprint density at radius 1 is 1.39 bits per heavy atom. The Morgan fingerprint density at radius 2 is 2.11 bits per heavy atom. The van der Waals surface area contributed by atoms with Crippen LogP contribution in [0.5, 0.6) is 0 Å². The summed E-state index contributed by atoms with van der Waals surface area (Å²) in [5.41, 5.74) is 4.62. The molecule has 0 fully saturated rings. The van der Waals surface area contributed by atoms with Crippen molar-refractivity contribution in [1.29, 1.82) is 0 Å². The van der Waals surface area contributed by atoms with Gasteiger partial charge in [-0.25, -0.2) is 0 Å². The maximum absolute atomic E-state index is 12.0. The molecule has 0 aromatic heterocycles. The molecule has 1 spiro atoms. The first-order valence-corrected chi connectivity index (χ1v) is 6.69. The van der Waals surface area contributed by atoms with Crippen molar-refractivity contribution >= 4 is 39.2 Å². The van der Waals surface area contributed by atoms with Crippen LogP contribution in [0, 0.1) is 0 Å². The van der Waals surface area contributed by atoms with Gasteiger partial charge in [0.05, 0.1) is 10.7 Å². The smallest absolute Gasteiger partial charge is 0.323 e. The number of rotatable bonds is 0. The number of hydrogen-bond acceptors (Lipinski definition) is 4. The molecule has 3 rings (SSSR count). The summed E-state index contributed by atoms with van der Waals surface area (Å²) in [6.45, 7) is 0. The van der Waals surface area contributed by atoms with Crippen molar-refractivity contribution < 1.29 is 13.2 Å². The van der Waals surface area contributed by atoms with Crippen molar-refractivity contribution in [3.8, 4) is 0 Å². The normalized spacial score (nSPS) is 28.1. The van der Waals surface area contributed by atoms with Crippen LogP contribution in [0.4, 0.5) is 5.69 Å². The van der Waals surface area contributed by atoms with Crippen molar-refractivity contribution in [3.05, 3.63) is 28.8 Å². The molecule has 1 atom stereocenters. The van der Waals surface area contributed by atoms with E-state index < -0.39 is 21.7 Å². The number of para-hydroxylation sites is 1. The molecule has 9 heteroatoms. The summed E-state index contributed by atoms with van der Waals surface area (Å²) in [6, 6.07) is 4.74. The van der Waals surface area contributed by atoms with E-state index in [9.17, 15) is 13.2 Å². The van der Waals surface area contributed by atoms with Crippen LogP contribution in [0.15, 0.2) is 22.6 Å². The van der Waals surface area contributed by atoms with Gasteiger partial charge in [-0.05, 0) is 6.07 Å². The molecule has 2 aliphatic rings. The molecule has 1 amide bonds. The van der Waals surface area contributed by atoms with E-state index in [-0.39, 0.29) is 5.84 Å². The molecule has 0 saturated heterocycles. The molecule has 0 saturated carbocycles. The summed E-state index contributed by atoms with van der Waals surface area (Å²) in [5.74, 6) is -0.936. The molecule has 0 aliphatic carbocycles. The summed E-state index contributed by atoms with van der Waals surface area (Å²) >= 11 is 5.94. The Hall–Kier alpha value is -1.64. The highest BCUT2D eigenvalue weighted by atomic mass is 35.5. The third kappa shape index (κ3) is 1.25. The number of fused-ring (bicyclic) bond motifs is 2. The first kappa shape index (κ1) is 11.5. The Morgan fingerprint density at radius 3 is 2.72 bits per heavy atom. The fourth-order valence-corrected chi connectivity index (χ4v) is 3.47. The molecule has 0 bridgehead atoms. The maximum Gasteiger partial charge on any atom is 0.323 e. The molecular weight excluding hydrogens is 280 g/mol. The second-order valence-electron chi connectivity index (χ2n) is 3.92. The van der Waals surface area contributed by atoms with Gasteiger partial charge in [0.2, 0.25) is 0 Å². The van der Waals surface area contributed by atoms with Crippen LogP contribution >= 0.6 is 11.6 Å². The first-order valence-electron chi connectivity index (χ1n) is 4.87. The van der Waals surface area contributed by atoms with Gasteiger partial charge in [-0.3, -0.25) is 4.79 Å². The minimum atomic E-state index is -3.97. The lowest BCUT2D eigenvalue weighted by Crippen LogP contribution is -2.53. The van der Waals surface area contributed by atoms with E-state index in [1.165, 1.54) is 0 Å². The lowest BCUT2D eigenvalue weighted by Gasteiger charge is -2.19. The van der Waals surface area contributed by atoms with E-state index in [0.29, 0.717) is 16.3 Å².